The van der Waals surface area contributed by atoms with Gasteiger partial charge < -0.3 is 17.0 Å². The predicted octanol–water partition coefficient (Wildman–Crippen LogP) is 7.11. The minimum atomic E-state index is -4.96. The lowest BCUT2D eigenvalue weighted by atomic mass is 10.1. The normalized spacial score (nSPS) is 34.0. The zero-order valence-electron chi connectivity index (χ0n) is 46.2. The van der Waals surface area contributed by atoms with Gasteiger partial charge in [-0.1, -0.05) is 111 Å². The van der Waals surface area contributed by atoms with E-state index in [1.807, 2.05) is 0 Å². The summed E-state index contributed by atoms with van der Waals surface area (Å²) in [5, 5.41) is 0. The topological polar surface area (TPSA) is 0 Å². The molecule has 2 heteroatoms. The standard InChI is InChI=1S/C26H56P.BrH/c1-5-9-13-14-15-16-17-18-19-20-21-22-26-27(23-10-6-2,24-11-7-3)25-12-8-4;/h5-26H2,1-4H3;1H/q+1;/p-1/i1D3,5D2,9D2,13D2,14D2,15D2,16D2,17D2,18D2,19D2,20D2,21D2,22D2,26D2;. The van der Waals surface area contributed by atoms with Gasteiger partial charge in [0.1, 0.15) is 0 Å². The summed E-state index contributed by atoms with van der Waals surface area (Å²) >= 11 is 0. The molecule has 0 unspecified atom stereocenters. The van der Waals surface area contributed by atoms with Crippen LogP contribution in [0.15, 0.2) is 0 Å². The summed E-state index contributed by atoms with van der Waals surface area (Å²) in [5.74, 6) is 0. The van der Waals surface area contributed by atoms with Crippen molar-refractivity contribution in [2.45, 2.75) is 143 Å². The molecule has 28 heavy (non-hydrogen) atoms. The number of rotatable bonds is 22. The largest absolute Gasteiger partial charge is 1.00 e. The fourth-order valence-electron chi connectivity index (χ4n) is 2.34. The Hall–Kier alpha value is 0.910. The molecule has 0 fully saturated rings. The van der Waals surface area contributed by atoms with Gasteiger partial charge in [-0.3, -0.25) is 0 Å². The molecule has 0 bridgehead atoms. The maximum atomic E-state index is 9.19. The third-order valence-corrected chi connectivity index (χ3v) is 7.90. The van der Waals surface area contributed by atoms with Gasteiger partial charge in [-0.15, -0.1) is 0 Å². The number of hydrogen-bond donors (Lipinski definition) is 0. The molecule has 0 aliphatic rings. The van der Waals surface area contributed by atoms with Gasteiger partial charge in [-0.25, -0.2) is 0 Å². The van der Waals surface area contributed by atoms with E-state index in [2.05, 4.69) is 0 Å². The van der Waals surface area contributed by atoms with E-state index in [1.54, 1.807) is 20.8 Å². The highest BCUT2D eigenvalue weighted by Crippen LogP contribution is 2.61. The highest BCUT2D eigenvalue weighted by Gasteiger charge is 2.34. The van der Waals surface area contributed by atoms with Crippen LogP contribution < -0.4 is 17.0 Å². The van der Waals surface area contributed by atoms with Crippen LogP contribution in [0.5, 0.6) is 0 Å². The molecule has 0 heterocycles. The third kappa shape index (κ3) is 18.9. The summed E-state index contributed by atoms with van der Waals surface area (Å²) in [6, 6.07) is 0. The summed E-state index contributed by atoms with van der Waals surface area (Å²) in [5.41, 5.74) is 0. The van der Waals surface area contributed by atoms with Gasteiger partial charge in [0.25, 0.3) is 0 Å². The second kappa shape index (κ2) is 24.2. The van der Waals surface area contributed by atoms with Gasteiger partial charge in [-0.2, -0.15) is 0 Å². The highest BCUT2D eigenvalue weighted by atomic mass is 79.9. The number of hydrogen-bond acceptors (Lipinski definition) is 0. The van der Waals surface area contributed by atoms with Gasteiger partial charge in [-0.05, 0) is 32.0 Å². The second-order valence-corrected chi connectivity index (χ2v) is 9.84. The molecule has 0 aliphatic carbocycles. The van der Waals surface area contributed by atoms with Crippen LogP contribution in [0.25, 0.3) is 0 Å². The van der Waals surface area contributed by atoms with E-state index in [9.17, 15) is 2.74 Å². The maximum absolute atomic E-state index is 9.19. The van der Waals surface area contributed by atoms with Gasteiger partial charge in [0.05, 0.1) is 27.3 Å². The first kappa shape index (κ1) is 7.20. The van der Waals surface area contributed by atoms with E-state index >= 15 is 0 Å². The Labute approximate surface area is 232 Å². The van der Waals surface area contributed by atoms with Crippen molar-refractivity contribution in [3.63, 3.8) is 0 Å². The Bertz CT molecular complexity index is 1240. The van der Waals surface area contributed by atoms with E-state index < -0.39 is 96.7 Å². The van der Waals surface area contributed by atoms with Crippen LogP contribution in [0, 0.1) is 0 Å². The Balaban J connectivity index is 0. The smallest absolute Gasteiger partial charge is 0.0708 e. The Morgan fingerprint density at radius 3 is 1.29 bits per heavy atom. The van der Waals surface area contributed by atoms with E-state index in [0.29, 0.717) is 38.5 Å². The molecule has 0 aromatic rings. The molecule has 0 nitrogen and oxygen atoms in total. The van der Waals surface area contributed by atoms with E-state index in [1.165, 1.54) is 0 Å². The molecular formula is C26H56BrP. The van der Waals surface area contributed by atoms with Crippen molar-refractivity contribution in [3.05, 3.63) is 0 Å². The molecular weight excluding hydrogens is 423 g/mol. The average molecular weight is 509 g/mol. The van der Waals surface area contributed by atoms with Crippen molar-refractivity contribution in [3.8, 4) is 0 Å². The van der Waals surface area contributed by atoms with E-state index in [-0.39, 0.29) is 35.5 Å². The molecule has 0 aliphatic heterocycles. The summed E-state index contributed by atoms with van der Waals surface area (Å²) in [4.78, 5) is 0. The molecule has 0 aromatic carbocycles. The molecule has 0 spiro atoms. The molecule has 0 aromatic heterocycles. The number of unbranched alkanes of at least 4 members (excludes halogenated alkanes) is 3. The monoisotopic (exact) mass is 508 g/mol. The minimum absolute atomic E-state index is 0. The van der Waals surface area contributed by atoms with Gasteiger partial charge in [0, 0.05) is 44.3 Å². The zero-order chi connectivity index (χ0) is 45.9. The van der Waals surface area contributed by atoms with E-state index in [0.717, 1.165) is 0 Å². The lowest BCUT2D eigenvalue weighted by molar-refractivity contribution is -0.00000623. The molecule has 0 saturated carbocycles. The first-order valence-corrected chi connectivity index (χ1v) is 11.9. The van der Waals surface area contributed by atoms with Crippen molar-refractivity contribution < 1.29 is 56.7 Å². The predicted molar refractivity (Wildman–Crippen MR) is 132 cm³/mol. The van der Waals surface area contributed by atoms with Crippen LogP contribution in [0.3, 0.4) is 0 Å². The summed E-state index contributed by atoms with van der Waals surface area (Å²) in [6.45, 7) is 1.30. The van der Waals surface area contributed by atoms with Gasteiger partial charge >= 0.3 is 0 Å². The van der Waals surface area contributed by atoms with Crippen LogP contribution in [0.4, 0.5) is 0 Å². The van der Waals surface area contributed by atoms with Crippen molar-refractivity contribution >= 4 is 7.26 Å². The third-order valence-electron chi connectivity index (χ3n) is 3.80. The molecule has 0 N–H and O–H groups in total. The fraction of sp³-hybridized carbons (Fsp3) is 1.00. The van der Waals surface area contributed by atoms with Crippen molar-refractivity contribution in [1.82, 2.24) is 0 Å². The molecule has 172 valence electrons. The summed E-state index contributed by atoms with van der Waals surface area (Å²) in [6.07, 6.45) is -56.5. The number of halogens is 1. The van der Waals surface area contributed by atoms with Gasteiger partial charge in [0.15, 0.2) is 0 Å². The first-order valence-electron chi connectivity index (χ1n) is 24.0. The molecule has 0 saturated heterocycles. The quantitative estimate of drug-likeness (QED) is 0.137. The van der Waals surface area contributed by atoms with Crippen molar-refractivity contribution in [2.75, 3.05) is 24.6 Å². The summed E-state index contributed by atoms with van der Waals surface area (Å²) < 4.78 is 241. The van der Waals surface area contributed by atoms with Crippen molar-refractivity contribution in [2.24, 2.45) is 0 Å². The average Bonchev–Trinajstić information content (AvgIpc) is 3.02. The Morgan fingerprint density at radius 2 is 0.929 bits per heavy atom. The summed E-state index contributed by atoms with van der Waals surface area (Å²) in [7, 11) is -3.30. The first-order chi connectivity index (χ1) is 24.2. The minimum Gasteiger partial charge on any atom is -1.00 e. The lowest BCUT2D eigenvalue weighted by Crippen LogP contribution is -3.00. The molecule has 0 radical (unpaired) electrons. The lowest BCUT2D eigenvalue weighted by Gasteiger charge is -2.28. The SMILES string of the molecule is [2H]C([2H])([2H])C([2H])([2H])C([2H])([2H])C([2H])([2H])C([2H])([2H])C([2H])([2H])C([2H])([2H])C([2H])([2H])C([2H])([2H])C([2H])([2H])C([2H])([2H])C([2H])([2H])C([2H])([2H])C([2H])([2H])[P+](CCCC)(CCCC)CCCC.[Br-]. The Kier molecular flexibility index (Phi) is 6.22. The Morgan fingerprint density at radius 1 is 0.571 bits per heavy atom. The molecule has 0 atom stereocenters. The zero-order valence-corrected chi connectivity index (χ0v) is 19.7. The van der Waals surface area contributed by atoms with Crippen LogP contribution in [0.1, 0.15) is 182 Å². The van der Waals surface area contributed by atoms with Crippen LogP contribution in [-0.4, -0.2) is 24.6 Å². The second-order valence-electron chi connectivity index (χ2n) is 5.99. The van der Waals surface area contributed by atoms with Crippen LogP contribution in [-0.2, 0) is 0 Å². The van der Waals surface area contributed by atoms with Crippen LogP contribution >= 0.6 is 7.26 Å². The maximum Gasteiger partial charge on any atom is 0.0708 e. The van der Waals surface area contributed by atoms with E-state index in [4.69, 9.17) is 37.0 Å². The van der Waals surface area contributed by atoms with Crippen LogP contribution in [0.2, 0.25) is 0 Å². The fourth-order valence-corrected chi connectivity index (χ4v) is 6.41. The molecule has 0 rings (SSSR count). The highest BCUT2D eigenvalue weighted by molar-refractivity contribution is 7.75. The van der Waals surface area contributed by atoms with Crippen molar-refractivity contribution in [1.29, 1.82) is 0 Å². The van der Waals surface area contributed by atoms with Gasteiger partial charge in [0.2, 0.25) is 0 Å². The molecule has 0 amide bonds.